The number of rotatable bonds is 4. The van der Waals surface area contributed by atoms with E-state index in [4.69, 9.17) is 4.42 Å². The van der Waals surface area contributed by atoms with Crippen LogP contribution in [0, 0.1) is 0 Å². The minimum Gasteiger partial charge on any atom is -0.456 e. The van der Waals surface area contributed by atoms with E-state index in [9.17, 15) is 10.0 Å². The molecule has 0 saturated heterocycles. The molecule has 0 bridgehead atoms. The Hall–Kier alpha value is -3.28. The van der Waals surface area contributed by atoms with Crippen molar-refractivity contribution >= 4 is 40.2 Å². The zero-order valence-electron chi connectivity index (χ0n) is 15.7. The Morgan fingerprint density at radius 3 is 2.41 bits per heavy atom. The van der Waals surface area contributed by atoms with E-state index in [1.165, 1.54) is 0 Å². The van der Waals surface area contributed by atoms with Gasteiger partial charge in [0.25, 0.3) is 0 Å². The highest BCUT2D eigenvalue weighted by Crippen LogP contribution is 2.41. The molecule has 4 aromatic rings. The highest BCUT2D eigenvalue weighted by molar-refractivity contribution is 6.58. The maximum atomic E-state index is 9.36. The van der Waals surface area contributed by atoms with Crippen LogP contribution in [0.1, 0.15) is 12.0 Å². The van der Waals surface area contributed by atoms with Crippen LogP contribution in [0.25, 0.3) is 21.9 Å². The highest BCUT2D eigenvalue weighted by Gasteiger charge is 2.32. The van der Waals surface area contributed by atoms with Gasteiger partial charge in [0, 0.05) is 16.5 Å². The largest absolute Gasteiger partial charge is 0.488 e. The fourth-order valence-corrected chi connectivity index (χ4v) is 4.12. The van der Waals surface area contributed by atoms with E-state index in [1.807, 2.05) is 42.5 Å². The van der Waals surface area contributed by atoms with Crippen molar-refractivity contribution in [3.63, 3.8) is 0 Å². The molecule has 5 heteroatoms. The van der Waals surface area contributed by atoms with E-state index in [0.29, 0.717) is 5.46 Å². The second-order valence-electron chi connectivity index (χ2n) is 7.36. The van der Waals surface area contributed by atoms with Gasteiger partial charge in [0.05, 0.1) is 5.54 Å². The van der Waals surface area contributed by atoms with Gasteiger partial charge >= 0.3 is 7.12 Å². The summed E-state index contributed by atoms with van der Waals surface area (Å²) in [6, 6.07) is 21.5. The Morgan fingerprint density at radius 2 is 1.66 bits per heavy atom. The molecule has 3 N–H and O–H groups in total. The number of furan rings is 1. The Balaban J connectivity index is 1.67. The third kappa shape index (κ3) is 3.05. The number of anilines is 1. The number of nitrogens with one attached hydrogen (secondary N) is 1. The molecule has 0 radical (unpaired) electrons. The number of allylic oxidation sites excluding steroid dienone is 2. The van der Waals surface area contributed by atoms with Crippen LogP contribution in [-0.4, -0.2) is 17.2 Å². The Kier molecular flexibility index (Phi) is 4.27. The van der Waals surface area contributed by atoms with Crippen molar-refractivity contribution in [2.75, 3.05) is 5.32 Å². The second-order valence-corrected chi connectivity index (χ2v) is 7.36. The van der Waals surface area contributed by atoms with E-state index >= 15 is 0 Å². The van der Waals surface area contributed by atoms with Gasteiger partial charge in [-0.2, -0.15) is 0 Å². The Morgan fingerprint density at radius 1 is 0.862 bits per heavy atom. The summed E-state index contributed by atoms with van der Waals surface area (Å²) in [5.41, 5.74) is 3.81. The standard InChI is InChI=1S/C24H20BNO3/c27-25(28)17-11-13-18(14-12-17)26-24(15-4-1-5-16-24)20-8-6-10-22-23(20)19-7-2-3-9-21(19)29-22/h1-15,26-28H,16H2. The lowest BCUT2D eigenvalue weighted by Crippen LogP contribution is -2.34. The van der Waals surface area contributed by atoms with Crippen LogP contribution in [-0.2, 0) is 5.54 Å². The SMILES string of the molecule is OB(O)c1ccc(NC2(c3cccc4oc5ccccc5c34)C=CC=CC2)cc1. The molecule has 1 atom stereocenters. The van der Waals surface area contributed by atoms with Crippen molar-refractivity contribution < 1.29 is 14.5 Å². The predicted octanol–water partition coefficient (Wildman–Crippen LogP) is 4.09. The van der Waals surface area contributed by atoms with Crippen molar-refractivity contribution in [2.45, 2.75) is 12.0 Å². The lowest BCUT2D eigenvalue weighted by atomic mass is 9.79. The first-order valence-electron chi connectivity index (χ1n) is 9.66. The maximum absolute atomic E-state index is 9.36. The quantitative estimate of drug-likeness (QED) is 0.466. The third-order valence-electron chi connectivity index (χ3n) is 5.53. The molecule has 1 unspecified atom stereocenters. The third-order valence-corrected chi connectivity index (χ3v) is 5.53. The molecule has 1 aliphatic carbocycles. The van der Waals surface area contributed by atoms with Crippen molar-refractivity contribution in [1.82, 2.24) is 0 Å². The summed E-state index contributed by atoms with van der Waals surface area (Å²) in [6.07, 6.45) is 9.23. The zero-order valence-corrected chi connectivity index (χ0v) is 15.7. The van der Waals surface area contributed by atoms with Crippen LogP contribution in [0.5, 0.6) is 0 Å². The van der Waals surface area contributed by atoms with Crippen LogP contribution in [0.4, 0.5) is 5.69 Å². The summed E-state index contributed by atoms with van der Waals surface area (Å²) in [6.45, 7) is 0. The van der Waals surface area contributed by atoms with E-state index in [2.05, 4.69) is 41.8 Å². The van der Waals surface area contributed by atoms with Gasteiger partial charge in [-0.1, -0.05) is 66.8 Å². The average molecular weight is 381 g/mol. The number of fused-ring (bicyclic) bond motifs is 3. The van der Waals surface area contributed by atoms with Crippen LogP contribution < -0.4 is 10.8 Å². The van der Waals surface area contributed by atoms with Crippen LogP contribution >= 0.6 is 0 Å². The van der Waals surface area contributed by atoms with Crippen molar-refractivity contribution in [2.24, 2.45) is 0 Å². The fraction of sp³-hybridized carbons (Fsp3) is 0.0833. The normalized spacial score (nSPS) is 18.4. The molecule has 1 aliphatic rings. The lowest BCUT2D eigenvalue weighted by molar-refractivity contribution is 0.426. The van der Waals surface area contributed by atoms with Gasteiger partial charge in [-0.05, 0) is 41.7 Å². The fourth-order valence-electron chi connectivity index (χ4n) is 4.12. The lowest BCUT2D eigenvalue weighted by Gasteiger charge is -2.35. The molecule has 4 nitrogen and oxygen atoms in total. The van der Waals surface area contributed by atoms with Gasteiger partial charge < -0.3 is 19.8 Å². The van der Waals surface area contributed by atoms with Gasteiger partial charge in [0.15, 0.2) is 0 Å². The molecule has 0 aliphatic heterocycles. The minimum absolute atomic E-state index is 0.444. The van der Waals surface area contributed by atoms with Gasteiger partial charge in [-0.3, -0.25) is 0 Å². The molecule has 1 aromatic heterocycles. The van der Waals surface area contributed by atoms with Crippen molar-refractivity contribution in [3.05, 3.63) is 96.6 Å². The van der Waals surface area contributed by atoms with Crippen LogP contribution in [0.15, 0.2) is 95.5 Å². The van der Waals surface area contributed by atoms with E-state index in [1.54, 1.807) is 12.1 Å². The first-order valence-corrected chi connectivity index (χ1v) is 9.66. The van der Waals surface area contributed by atoms with E-state index < -0.39 is 12.7 Å². The summed E-state index contributed by atoms with van der Waals surface area (Å²) in [5.74, 6) is 0. The number of para-hydroxylation sites is 1. The molecule has 142 valence electrons. The summed E-state index contributed by atoms with van der Waals surface area (Å²) in [7, 11) is -1.47. The molecule has 1 heterocycles. The molecule has 5 rings (SSSR count). The smallest absolute Gasteiger partial charge is 0.456 e. The molecule has 0 amide bonds. The van der Waals surface area contributed by atoms with Crippen LogP contribution in [0.2, 0.25) is 0 Å². The zero-order chi connectivity index (χ0) is 19.8. The summed E-state index contributed by atoms with van der Waals surface area (Å²) >= 11 is 0. The van der Waals surface area contributed by atoms with Gasteiger partial charge in [-0.15, -0.1) is 0 Å². The van der Waals surface area contributed by atoms with E-state index in [-0.39, 0.29) is 0 Å². The van der Waals surface area contributed by atoms with E-state index in [0.717, 1.165) is 39.6 Å². The van der Waals surface area contributed by atoms with Crippen molar-refractivity contribution in [1.29, 1.82) is 0 Å². The first-order chi connectivity index (χ1) is 14.2. The average Bonchev–Trinajstić information content (AvgIpc) is 3.13. The molecule has 3 aromatic carbocycles. The summed E-state index contributed by atoms with van der Waals surface area (Å²) < 4.78 is 6.10. The second kappa shape index (κ2) is 6.96. The Labute approximate surface area is 168 Å². The Bertz CT molecular complexity index is 1240. The van der Waals surface area contributed by atoms with Crippen molar-refractivity contribution in [3.8, 4) is 0 Å². The number of hydrogen-bond acceptors (Lipinski definition) is 4. The maximum Gasteiger partial charge on any atom is 0.488 e. The minimum atomic E-state index is -1.47. The molecule has 29 heavy (non-hydrogen) atoms. The molecular formula is C24H20BNO3. The molecular weight excluding hydrogens is 361 g/mol. The van der Waals surface area contributed by atoms with Gasteiger partial charge in [0.2, 0.25) is 0 Å². The first kappa shape index (κ1) is 17.8. The summed E-state index contributed by atoms with van der Waals surface area (Å²) in [5, 5.41) is 24.6. The molecule has 0 spiro atoms. The summed E-state index contributed by atoms with van der Waals surface area (Å²) in [4.78, 5) is 0. The number of benzene rings is 3. The molecule has 0 saturated carbocycles. The number of hydrogen-bond donors (Lipinski definition) is 3. The molecule has 0 fully saturated rings. The topological polar surface area (TPSA) is 65.6 Å². The highest BCUT2D eigenvalue weighted by atomic mass is 16.4. The van der Waals surface area contributed by atoms with Gasteiger partial charge in [0.1, 0.15) is 11.2 Å². The van der Waals surface area contributed by atoms with Crippen LogP contribution in [0.3, 0.4) is 0 Å². The predicted molar refractivity (Wildman–Crippen MR) is 118 cm³/mol. The van der Waals surface area contributed by atoms with Gasteiger partial charge in [-0.25, -0.2) is 0 Å². The monoisotopic (exact) mass is 381 g/mol.